The Kier molecular flexibility index (Phi) is 7.17. The highest BCUT2D eigenvalue weighted by Gasteiger charge is 2.20. The summed E-state index contributed by atoms with van der Waals surface area (Å²) in [5.41, 5.74) is 13.3. The van der Waals surface area contributed by atoms with Crippen molar-refractivity contribution in [2.75, 3.05) is 4.90 Å². The van der Waals surface area contributed by atoms with Crippen molar-refractivity contribution >= 4 is 71.6 Å². The maximum Gasteiger partial charge on any atom is 0.136 e. The largest absolute Gasteiger partial charge is 0.456 e. The number of benzene rings is 9. The first-order chi connectivity index (χ1) is 27.3. The van der Waals surface area contributed by atoms with E-state index in [2.05, 4.69) is 216 Å². The molecule has 2 heterocycles. The van der Waals surface area contributed by atoms with Crippen molar-refractivity contribution in [3.05, 3.63) is 206 Å². The van der Waals surface area contributed by atoms with Crippen LogP contribution in [0.25, 0.3) is 82.5 Å². The van der Waals surface area contributed by atoms with Crippen LogP contribution in [0.15, 0.2) is 211 Å². The Morgan fingerprint density at radius 2 is 0.927 bits per heavy atom. The van der Waals surface area contributed by atoms with Crippen LogP contribution < -0.4 is 4.90 Å². The Bertz CT molecular complexity index is 3150. The normalized spacial score (nSPS) is 11.6. The molecule has 0 saturated heterocycles. The third-order valence-electron chi connectivity index (χ3n) is 11.0. The fraction of sp³-hybridized carbons (Fsp3) is 0. The number of aromatic nitrogens is 1. The van der Waals surface area contributed by atoms with Gasteiger partial charge in [-0.05, 0) is 94.7 Å². The first kappa shape index (κ1) is 31.2. The number of hydrogen-bond donors (Lipinski definition) is 0. The highest BCUT2D eigenvalue weighted by atomic mass is 16.3. The van der Waals surface area contributed by atoms with E-state index in [-0.39, 0.29) is 0 Å². The van der Waals surface area contributed by atoms with E-state index in [0.717, 1.165) is 61.4 Å². The van der Waals surface area contributed by atoms with Crippen LogP contribution in [0.4, 0.5) is 17.1 Å². The summed E-state index contributed by atoms with van der Waals surface area (Å²) >= 11 is 0. The number of furan rings is 1. The first-order valence-electron chi connectivity index (χ1n) is 18.8. The molecule has 0 radical (unpaired) electrons. The van der Waals surface area contributed by atoms with Gasteiger partial charge < -0.3 is 13.9 Å². The minimum absolute atomic E-state index is 0.892. The van der Waals surface area contributed by atoms with Crippen molar-refractivity contribution in [2.24, 2.45) is 0 Å². The second-order valence-corrected chi connectivity index (χ2v) is 14.1. The van der Waals surface area contributed by atoms with Gasteiger partial charge in [0.1, 0.15) is 11.2 Å². The van der Waals surface area contributed by atoms with Gasteiger partial charge in [-0.25, -0.2) is 0 Å². The standard InChI is InChI=1S/C52H34N2O/c1-2-16-39(17-3-1)53(47-22-10-7-19-42(47)38-28-31-51-45(33-38)46-32-36-14-4-5-15-37(36)34-52(46)55-51)40-29-26-35(27-30-40)41-18-6-11-23-48(41)54-49-24-12-8-20-43(49)44-21-9-13-25-50(44)54/h1-34H. The molecule has 0 aliphatic heterocycles. The minimum Gasteiger partial charge on any atom is -0.456 e. The molecule has 0 fully saturated rings. The molecule has 258 valence electrons. The quantitative estimate of drug-likeness (QED) is 0.172. The maximum atomic E-state index is 6.38. The molecule has 9 aromatic carbocycles. The Morgan fingerprint density at radius 3 is 1.69 bits per heavy atom. The summed E-state index contributed by atoms with van der Waals surface area (Å²) in [6, 6.07) is 73.9. The lowest BCUT2D eigenvalue weighted by Crippen LogP contribution is -2.11. The summed E-state index contributed by atoms with van der Waals surface area (Å²) in [6.07, 6.45) is 0. The van der Waals surface area contributed by atoms with Crippen molar-refractivity contribution in [1.29, 1.82) is 0 Å². The zero-order chi connectivity index (χ0) is 36.3. The molecular weight excluding hydrogens is 669 g/mol. The molecule has 0 aliphatic rings. The van der Waals surface area contributed by atoms with Crippen LogP contribution in [-0.4, -0.2) is 4.57 Å². The molecule has 2 aromatic heterocycles. The van der Waals surface area contributed by atoms with E-state index in [4.69, 9.17) is 4.42 Å². The van der Waals surface area contributed by atoms with Crippen molar-refractivity contribution in [1.82, 2.24) is 4.57 Å². The summed E-state index contributed by atoms with van der Waals surface area (Å²) in [6.45, 7) is 0. The number of rotatable bonds is 6. The van der Waals surface area contributed by atoms with E-state index in [1.165, 1.54) is 38.1 Å². The number of fused-ring (bicyclic) bond motifs is 7. The molecule has 0 unspecified atom stereocenters. The number of anilines is 3. The predicted molar refractivity (Wildman–Crippen MR) is 231 cm³/mol. The summed E-state index contributed by atoms with van der Waals surface area (Å²) in [4.78, 5) is 2.36. The van der Waals surface area contributed by atoms with E-state index in [1.54, 1.807) is 0 Å². The molecule has 0 spiro atoms. The van der Waals surface area contributed by atoms with Gasteiger partial charge in [0.15, 0.2) is 0 Å². The topological polar surface area (TPSA) is 21.3 Å². The van der Waals surface area contributed by atoms with Gasteiger partial charge in [-0.1, -0.05) is 133 Å². The second kappa shape index (κ2) is 12.6. The van der Waals surface area contributed by atoms with Crippen LogP contribution in [0.1, 0.15) is 0 Å². The van der Waals surface area contributed by atoms with Gasteiger partial charge in [0.2, 0.25) is 0 Å². The van der Waals surface area contributed by atoms with E-state index < -0.39 is 0 Å². The van der Waals surface area contributed by atoms with Crippen LogP contribution in [0.3, 0.4) is 0 Å². The molecule has 11 aromatic rings. The van der Waals surface area contributed by atoms with E-state index in [1.807, 2.05) is 0 Å². The monoisotopic (exact) mass is 702 g/mol. The Morgan fingerprint density at radius 1 is 0.364 bits per heavy atom. The third-order valence-corrected chi connectivity index (χ3v) is 11.0. The second-order valence-electron chi connectivity index (χ2n) is 14.1. The minimum atomic E-state index is 0.892. The average molecular weight is 703 g/mol. The van der Waals surface area contributed by atoms with Crippen LogP contribution in [-0.2, 0) is 0 Å². The molecule has 0 N–H and O–H groups in total. The zero-order valence-electron chi connectivity index (χ0n) is 29.9. The molecule has 3 heteroatoms. The summed E-state index contributed by atoms with van der Waals surface area (Å²) in [5, 5.41) is 7.15. The Balaban J connectivity index is 1.04. The van der Waals surface area contributed by atoms with Gasteiger partial charge in [-0.3, -0.25) is 0 Å². The number of nitrogens with zero attached hydrogens (tertiary/aromatic N) is 2. The van der Waals surface area contributed by atoms with Gasteiger partial charge in [0.05, 0.1) is 22.4 Å². The van der Waals surface area contributed by atoms with Crippen molar-refractivity contribution < 1.29 is 4.42 Å². The fourth-order valence-electron chi connectivity index (χ4n) is 8.43. The SMILES string of the molecule is c1ccc(N(c2ccc(-c3ccccc3-n3c4ccccc4c4ccccc43)cc2)c2ccccc2-c2ccc3oc4cc5ccccc5cc4c3c2)cc1. The number of hydrogen-bond acceptors (Lipinski definition) is 2. The molecule has 55 heavy (non-hydrogen) atoms. The Hall–Kier alpha value is -7.36. The smallest absolute Gasteiger partial charge is 0.136 e. The lowest BCUT2D eigenvalue weighted by molar-refractivity contribution is 0.669. The zero-order valence-corrected chi connectivity index (χ0v) is 29.9. The fourth-order valence-corrected chi connectivity index (χ4v) is 8.43. The van der Waals surface area contributed by atoms with Gasteiger partial charge in [0.25, 0.3) is 0 Å². The maximum absolute atomic E-state index is 6.38. The summed E-state index contributed by atoms with van der Waals surface area (Å²) in [5.74, 6) is 0. The predicted octanol–water partition coefficient (Wildman–Crippen LogP) is 14.6. The van der Waals surface area contributed by atoms with Crippen LogP contribution in [0.2, 0.25) is 0 Å². The third kappa shape index (κ3) is 5.13. The molecule has 0 atom stereocenters. The Labute approximate surface area is 318 Å². The average Bonchev–Trinajstić information content (AvgIpc) is 3.78. The lowest BCUT2D eigenvalue weighted by Gasteiger charge is -2.28. The van der Waals surface area contributed by atoms with Gasteiger partial charge in [0, 0.05) is 44.0 Å². The highest BCUT2D eigenvalue weighted by Crippen LogP contribution is 2.43. The van der Waals surface area contributed by atoms with E-state index in [9.17, 15) is 0 Å². The van der Waals surface area contributed by atoms with Crippen molar-refractivity contribution in [2.45, 2.75) is 0 Å². The van der Waals surface area contributed by atoms with E-state index >= 15 is 0 Å². The molecule has 0 saturated carbocycles. The van der Waals surface area contributed by atoms with Crippen LogP contribution in [0.5, 0.6) is 0 Å². The van der Waals surface area contributed by atoms with Crippen LogP contribution in [0, 0.1) is 0 Å². The van der Waals surface area contributed by atoms with E-state index in [0.29, 0.717) is 0 Å². The van der Waals surface area contributed by atoms with Gasteiger partial charge in [-0.15, -0.1) is 0 Å². The molecule has 3 nitrogen and oxygen atoms in total. The molecule has 0 aliphatic carbocycles. The number of para-hydroxylation sites is 5. The lowest BCUT2D eigenvalue weighted by atomic mass is 9.98. The van der Waals surface area contributed by atoms with Gasteiger partial charge >= 0.3 is 0 Å². The van der Waals surface area contributed by atoms with Crippen LogP contribution >= 0.6 is 0 Å². The molecular formula is C52H34N2O. The molecule has 0 bridgehead atoms. The van der Waals surface area contributed by atoms with Crippen molar-refractivity contribution in [3.63, 3.8) is 0 Å². The molecule has 11 rings (SSSR count). The summed E-state index contributed by atoms with van der Waals surface area (Å²) in [7, 11) is 0. The first-order valence-corrected chi connectivity index (χ1v) is 18.8. The van der Waals surface area contributed by atoms with Crippen molar-refractivity contribution in [3.8, 4) is 27.9 Å². The summed E-state index contributed by atoms with van der Waals surface area (Å²) < 4.78 is 8.78. The van der Waals surface area contributed by atoms with Gasteiger partial charge in [-0.2, -0.15) is 0 Å². The highest BCUT2D eigenvalue weighted by molar-refractivity contribution is 6.12. The molecule has 0 amide bonds.